The molecule has 0 saturated carbocycles. The summed E-state index contributed by atoms with van der Waals surface area (Å²) in [7, 11) is 0. The van der Waals surface area contributed by atoms with Crippen LogP contribution in [0.25, 0.3) is 0 Å². The van der Waals surface area contributed by atoms with E-state index in [1.54, 1.807) is 31.3 Å². The number of hydrogen-bond donors (Lipinski definition) is 1. The molecule has 2 aromatic carbocycles. The fourth-order valence-electron chi connectivity index (χ4n) is 2.80. The number of carbonyl (C=O) groups excluding carboxylic acids is 1. The van der Waals surface area contributed by atoms with Crippen molar-refractivity contribution in [2.45, 2.75) is 24.0 Å². The predicted molar refractivity (Wildman–Crippen MR) is 124 cm³/mol. The fourth-order valence-corrected chi connectivity index (χ4v) is 4.90. The first kappa shape index (κ1) is 21.8. The van der Waals surface area contributed by atoms with E-state index in [1.807, 2.05) is 24.3 Å². The van der Waals surface area contributed by atoms with Gasteiger partial charge in [0.15, 0.2) is 11.0 Å². The molecule has 4 rings (SSSR count). The van der Waals surface area contributed by atoms with E-state index in [0.29, 0.717) is 44.6 Å². The molecule has 0 aliphatic heterocycles. The average Bonchev–Trinajstić information content (AvgIpc) is 3.38. The molecule has 0 radical (unpaired) electrons. The monoisotopic (exact) mass is 490 g/mol. The van der Waals surface area contributed by atoms with Gasteiger partial charge in [-0.3, -0.25) is 10.1 Å². The summed E-state index contributed by atoms with van der Waals surface area (Å²) in [6.45, 7) is 1.74. The molecule has 0 aliphatic rings. The second-order valence-electron chi connectivity index (χ2n) is 6.51. The van der Waals surface area contributed by atoms with Crippen LogP contribution in [0.5, 0.6) is 0 Å². The molecule has 0 aliphatic carbocycles. The number of anilines is 1. The molecule has 1 N–H and O–H groups in total. The molecule has 31 heavy (non-hydrogen) atoms. The Hall–Kier alpha value is -2.39. The van der Waals surface area contributed by atoms with Crippen molar-refractivity contribution in [2.24, 2.45) is 0 Å². The number of amides is 1. The maximum atomic E-state index is 12.9. The minimum Gasteiger partial charge on any atom is -0.340 e. The summed E-state index contributed by atoms with van der Waals surface area (Å²) in [4.78, 5) is 23.2. The molecule has 2 heterocycles. The van der Waals surface area contributed by atoms with E-state index in [-0.39, 0.29) is 5.91 Å². The zero-order valence-electron chi connectivity index (χ0n) is 16.3. The molecule has 1 amide bonds. The van der Waals surface area contributed by atoms with E-state index in [2.05, 4.69) is 20.4 Å². The number of aromatic nitrogens is 3. The number of hydrogen-bond acceptors (Lipinski definition) is 7. The van der Waals surface area contributed by atoms with Gasteiger partial charge < -0.3 is 4.52 Å². The molecule has 10 heteroatoms. The van der Waals surface area contributed by atoms with Gasteiger partial charge in [0, 0.05) is 39.4 Å². The summed E-state index contributed by atoms with van der Waals surface area (Å²) in [5.74, 6) is 1.37. The molecule has 0 bridgehead atoms. The molecule has 0 atom stereocenters. The number of rotatable bonds is 7. The molecule has 0 saturated heterocycles. The molecule has 4 aromatic rings. The number of aryl methyl sites for hydroxylation is 1. The highest BCUT2D eigenvalue weighted by Gasteiger charge is 2.15. The van der Waals surface area contributed by atoms with Gasteiger partial charge in [-0.1, -0.05) is 40.5 Å². The van der Waals surface area contributed by atoms with Gasteiger partial charge in [0.25, 0.3) is 5.91 Å². The summed E-state index contributed by atoms with van der Waals surface area (Å²) in [6, 6.07) is 12.7. The first-order valence-corrected chi connectivity index (χ1v) is 11.7. The van der Waals surface area contributed by atoms with E-state index in [4.69, 9.17) is 27.7 Å². The van der Waals surface area contributed by atoms with Crippen molar-refractivity contribution in [3.63, 3.8) is 0 Å². The van der Waals surface area contributed by atoms with Crippen LogP contribution in [-0.2, 0) is 12.2 Å². The summed E-state index contributed by atoms with van der Waals surface area (Å²) < 4.78 is 4.99. The lowest BCUT2D eigenvalue weighted by atomic mass is 10.1. The standard InChI is InChI=1S/C21H16Cl2N4O2S2/c1-12-25-19(27-29-12)11-30-18-5-3-2-4-16(18)20(28)26-21-24-10-15(31-21)9-13-8-14(22)6-7-17(13)23/h2-8,10H,9,11H2,1H3,(H,24,26,28). The summed E-state index contributed by atoms with van der Waals surface area (Å²) in [5, 5.41) is 8.56. The first-order chi connectivity index (χ1) is 15.0. The van der Waals surface area contributed by atoms with Crippen molar-refractivity contribution in [1.29, 1.82) is 0 Å². The third kappa shape index (κ3) is 5.65. The Labute approximate surface area is 197 Å². The first-order valence-electron chi connectivity index (χ1n) is 9.19. The molecule has 0 fully saturated rings. The van der Waals surface area contributed by atoms with Gasteiger partial charge >= 0.3 is 0 Å². The Morgan fingerprint density at radius 2 is 2.06 bits per heavy atom. The molecular formula is C21H16Cl2N4O2S2. The van der Waals surface area contributed by atoms with Crippen LogP contribution in [0.4, 0.5) is 5.13 Å². The molecule has 0 unspecified atom stereocenters. The van der Waals surface area contributed by atoms with Gasteiger partial charge in [-0.05, 0) is 35.9 Å². The van der Waals surface area contributed by atoms with Crippen molar-refractivity contribution >= 4 is 57.3 Å². The molecule has 0 spiro atoms. The lowest BCUT2D eigenvalue weighted by Crippen LogP contribution is -2.12. The van der Waals surface area contributed by atoms with Crippen LogP contribution in [0.3, 0.4) is 0 Å². The Morgan fingerprint density at radius 1 is 1.23 bits per heavy atom. The van der Waals surface area contributed by atoms with Crippen LogP contribution in [0.15, 0.2) is 58.1 Å². The normalized spacial score (nSPS) is 10.9. The second kappa shape index (κ2) is 9.82. The molecular weight excluding hydrogens is 475 g/mol. The van der Waals surface area contributed by atoms with E-state index < -0.39 is 0 Å². The Kier molecular flexibility index (Phi) is 6.92. The average molecular weight is 491 g/mol. The fraction of sp³-hybridized carbons (Fsp3) is 0.143. The SMILES string of the molecule is Cc1nc(CSc2ccccc2C(=O)Nc2ncc(Cc3cc(Cl)ccc3Cl)s2)no1. The number of thiazole rings is 1. The third-order valence-corrected chi connectivity index (χ3v) is 6.79. The minimum absolute atomic E-state index is 0.228. The van der Waals surface area contributed by atoms with Crippen LogP contribution in [0.1, 0.15) is 32.5 Å². The van der Waals surface area contributed by atoms with Gasteiger partial charge in [-0.15, -0.1) is 23.1 Å². The second-order valence-corrected chi connectivity index (χ2v) is 9.49. The van der Waals surface area contributed by atoms with Crippen LogP contribution in [0.2, 0.25) is 10.0 Å². The summed E-state index contributed by atoms with van der Waals surface area (Å²) in [5.41, 5.74) is 1.47. The third-order valence-electron chi connectivity index (χ3n) is 4.20. The number of nitrogens with zero attached hydrogens (tertiary/aromatic N) is 3. The van der Waals surface area contributed by atoms with Gasteiger partial charge in [-0.25, -0.2) is 4.98 Å². The van der Waals surface area contributed by atoms with Gasteiger partial charge in [0.1, 0.15) is 0 Å². The van der Waals surface area contributed by atoms with Crippen molar-refractivity contribution < 1.29 is 9.32 Å². The number of thioether (sulfide) groups is 1. The number of benzene rings is 2. The van der Waals surface area contributed by atoms with E-state index >= 15 is 0 Å². The maximum Gasteiger partial charge on any atom is 0.258 e. The molecule has 158 valence electrons. The van der Waals surface area contributed by atoms with Crippen LogP contribution < -0.4 is 5.32 Å². The highest BCUT2D eigenvalue weighted by Crippen LogP contribution is 2.29. The van der Waals surface area contributed by atoms with Crippen molar-refractivity contribution in [1.82, 2.24) is 15.1 Å². The zero-order valence-corrected chi connectivity index (χ0v) is 19.4. The zero-order chi connectivity index (χ0) is 21.8. The minimum atomic E-state index is -0.228. The van der Waals surface area contributed by atoms with E-state index in [9.17, 15) is 4.79 Å². The summed E-state index contributed by atoms with van der Waals surface area (Å²) >= 11 is 15.2. The van der Waals surface area contributed by atoms with Crippen molar-refractivity contribution in [3.05, 3.63) is 86.4 Å². The van der Waals surface area contributed by atoms with E-state index in [1.165, 1.54) is 23.1 Å². The van der Waals surface area contributed by atoms with E-state index in [0.717, 1.165) is 15.3 Å². The highest BCUT2D eigenvalue weighted by atomic mass is 35.5. The van der Waals surface area contributed by atoms with Crippen LogP contribution in [-0.4, -0.2) is 21.0 Å². The van der Waals surface area contributed by atoms with Gasteiger partial charge in [-0.2, -0.15) is 4.98 Å². The maximum absolute atomic E-state index is 12.9. The Balaban J connectivity index is 1.43. The van der Waals surface area contributed by atoms with Gasteiger partial charge in [0.2, 0.25) is 5.89 Å². The molecule has 2 aromatic heterocycles. The van der Waals surface area contributed by atoms with Crippen LogP contribution >= 0.6 is 46.3 Å². The number of carbonyl (C=O) groups is 1. The number of halogens is 2. The quantitative estimate of drug-likeness (QED) is 0.307. The Morgan fingerprint density at radius 3 is 2.87 bits per heavy atom. The summed E-state index contributed by atoms with van der Waals surface area (Å²) in [6.07, 6.45) is 2.32. The highest BCUT2D eigenvalue weighted by molar-refractivity contribution is 7.98. The van der Waals surface area contributed by atoms with Crippen LogP contribution in [0, 0.1) is 6.92 Å². The lowest BCUT2D eigenvalue weighted by molar-refractivity contribution is 0.102. The topological polar surface area (TPSA) is 80.9 Å². The Bertz CT molecular complexity index is 1230. The molecule has 6 nitrogen and oxygen atoms in total. The smallest absolute Gasteiger partial charge is 0.258 e. The van der Waals surface area contributed by atoms with Crippen molar-refractivity contribution in [3.8, 4) is 0 Å². The van der Waals surface area contributed by atoms with Gasteiger partial charge in [0.05, 0.1) is 11.3 Å². The largest absolute Gasteiger partial charge is 0.340 e. The predicted octanol–water partition coefficient (Wildman–Crippen LogP) is 6.28. The van der Waals surface area contributed by atoms with Crippen molar-refractivity contribution in [2.75, 3.05) is 5.32 Å². The number of nitrogens with one attached hydrogen (secondary N) is 1. The lowest BCUT2D eigenvalue weighted by Gasteiger charge is -2.07.